The molecule has 2 rings (SSSR count). The Morgan fingerprint density at radius 2 is 1.94 bits per heavy atom. The molecular weight excluding hydrogens is 208 g/mol. The topological polar surface area (TPSA) is 9.23 Å². The summed E-state index contributed by atoms with van der Waals surface area (Å²) in [4.78, 5) is 0. The van der Waals surface area contributed by atoms with Crippen molar-refractivity contribution in [3.05, 3.63) is 35.9 Å². The smallest absolute Gasteiger partial charge is 0.0720 e. The van der Waals surface area contributed by atoms with Gasteiger partial charge in [0.1, 0.15) is 0 Å². The van der Waals surface area contributed by atoms with E-state index in [0.717, 1.165) is 18.4 Å². The highest BCUT2D eigenvalue weighted by Crippen LogP contribution is 2.31. The summed E-state index contributed by atoms with van der Waals surface area (Å²) in [7, 11) is 0. The minimum Gasteiger partial charge on any atom is -0.374 e. The molecule has 1 nitrogen and oxygen atoms in total. The van der Waals surface area contributed by atoms with Crippen molar-refractivity contribution in [2.75, 3.05) is 0 Å². The second kappa shape index (κ2) is 6.20. The van der Waals surface area contributed by atoms with E-state index in [0.29, 0.717) is 6.10 Å². The highest BCUT2D eigenvalue weighted by Gasteiger charge is 2.24. The summed E-state index contributed by atoms with van der Waals surface area (Å²) in [6.45, 7) is 5.45. The predicted octanol–water partition coefficient (Wildman–Crippen LogP) is 4.42. The number of hydrogen-bond acceptors (Lipinski definition) is 1. The van der Waals surface area contributed by atoms with E-state index in [-0.39, 0.29) is 0 Å². The van der Waals surface area contributed by atoms with Crippen LogP contribution in [0.1, 0.15) is 45.1 Å². The number of ether oxygens (including phenoxy) is 1. The SMILES string of the molecule is CC(C)[C@H]1CCC[C@@H](OCc2ccccc2)C1. The van der Waals surface area contributed by atoms with Crippen molar-refractivity contribution in [2.24, 2.45) is 11.8 Å². The van der Waals surface area contributed by atoms with Gasteiger partial charge in [0, 0.05) is 0 Å². The van der Waals surface area contributed by atoms with Crippen LogP contribution in [-0.2, 0) is 11.3 Å². The van der Waals surface area contributed by atoms with E-state index in [4.69, 9.17) is 4.74 Å². The first-order chi connectivity index (χ1) is 8.25. The lowest BCUT2D eigenvalue weighted by atomic mass is 9.80. The van der Waals surface area contributed by atoms with E-state index >= 15 is 0 Å². The Hall–Kier alpha value is -0.820. The van der Waals surface area contributed by atoms with Crippen molar-refractivity contribution in [1.82, 2.24) is 0 Å². The summed E-state index contributed by atoms with van der Waals surface area (Å²) >= 11 is 0. The molecule has 0 unspecified atom stereocenters. The van der Waals surface area contributed by atoms with Gasteiger partial charge in [-0.2, -0.15) is 0 Å². The second-order valence-corrected chi connectivity index (χ2v) is 5.59. The molecule has 1 aromatic rings. The second-order valence-electron chi connectivity index (χ2n) is 5.59. The molecule has 1 heteroatoms. The molecular formula is C16H24O. The molecule has 0 N–H and O–H groups in total. The van der Waals surface area contributed by atoms with Crippen LogP contribution in [0.4, 0.5) is 0 Å². The summed E-state index contributed by atoms with van der Waals surface area (Å²) in [6.07, 6.45) is 5.71. The van der Waals surface area contributed by atoms with Crippen LogP contribution in [0.2, 0.25) is 0 Å². The fourth-order valence-corrected chi connectivity index (χ4v) is 2.73. The van der Waals surface area contributed by atoms with Crippen molar-refractivity contribution in [3.63, 3.8) is 0 Å². The fourth-order valence-electron chi connectivity index (χ4n) is 2.73. The van der Waals surface area contributed by atoms with Gasteiger partial charge >= 0.3 is 0 Å². The Morgan fingerprint density at radius 1 is 1.18 bits per heavy atom. The molecule has 1 fully saturated rings. The van der Waals surface area contributed by atoms with Crippen molar-refractivity contribution < 1.29 is 4.74 Å². The van der Waals surface area contributed by atoms with Gasteiger partial charge in [-0.3, -0.25) is 0 Å². The van der Waals surface area contributed by atoms with E-state index in [1.165, 1.54) is 31.2 Å². The van der Waals surface area contributed by atoms with Crippen LogP contribution in [0.5, 0.6) is 0 Å². The number of hydrogen-bond donors (Lipinski definition) is 0. The average Bonchev–Trinajstić information content (AvgIpc) is 2.38. The normalized spacial score (nSPS) is 25.1. The zero-order chi connectivity index (χ0) is 12.1. The molecule has 1 aliphatic carbocycles. The maximum Gasteiger partial charge on any atom is 0.0720 e. The van der Waals surface area contributed by atoms with Gasteiger partial charge in [0.15, 0.2) is 0 Å². The molecule has 0 aliphatic heterocycles. The molecule has 1 aromatic carbocycles. The monoisotopic (exact) mass is 232 g/mol. The molecule has 2 atom stereocenters. The lowest BCUT2D eigenvalue weighted by Crippen LogP contribution is -2.25. The van der Waals surface area contributed by atoms with Crippen molar-refractivity contribution in [2.45, 2.75) is 52.2 Å². The van der Waals surface area contributed by atoms with E-state index in [9.17, 15) is 0 Å². The van der Waals surface area contributed by atoms with Gasteiger partial charge in [0.25, 0.3) is 0 Å². The number of rotatable bonds is 4. The van der Waals surface area contributed by atoms with Crippen LogP contribution < -0.4 is 0 Å². The minimum atomic E-state index is 0.483. The Morgan fingerprint density at radius 3 is 2.65 bits per heavy atom. The molecule has 0 aromatic heterocycles. The quantitative estimate of drug-likeness (QED) is 0.746. The number of benzene rings is 1. The summed E-state index contributed by atoms with van der Waals surface area (Å²) in [5, 5.41) is 0. The third kappa shape index (κ3) is 3.85. The van der Waals surface area contributed by atoms with Gasteiger partial charge in [0.05, 0.1) is 12.7 Å². The Labute approximate surface area is 105 Å². The van der Waals surface area contributed by atoms with Gasteiger partial charge < -0.3 is 4.74 Å². The van der Waals surface area contributed by atoms with Crippen LogP contribution in [0.3, 0.4) is 0 Å². The predicted molar refractivity (Wildman–Crippen MR) is 71.8 cm³/mol. The minimum absolute atomic E-state index is 0.483. The molecule has 1 aliphatic rings. The van der Waals surface area contributed by atoms with Crippen LogP contribution in [0.15, 0.2) is 30.3 Å². The highest BCUT2D eigenvalue weighted by molar-refractivity contribution is 5.13. The zero-order valence-electron chi connectivity index (χ0n) is 11.1. The van der Waals surface area contributed by atoms with E-state index in [2.05, 4.69) is 44.2 Å². The Kier molecular flexibility index (Phi) is 4.61. The third-order valence-electron chi connectivity index (χ3n) is 3.94. The van der Waals surface area contributed by atoms with Gasteiger partial charge in [-0.25, -0.2) is 0 Å². The summed E-state index contributed by atoms with van der Waals surface area (Å²) < 4.78 is 6.05. The van der Waals surface area contributed by atoms with Gasteiger partial charge in [0.2, 0.25) is 0 Å². The van der Waals surface area contributed by atoms with E-state index in [1.807, 2.05) is 0 Å². The molecule has 0 bridgehead atoms. The molecule has 0 saturated heterocycles. The summed E-state index contributed by atoms with van der Waals surface area (Å²) in [6, 6.07) is 10.5. The molecule has 17 heavy (non-hydrogen) atoms. The van der Waals surface area contributed by atoms with Crippen LogP contribution >= 0.6 is 0 Å². The maximum absolute atomic E-state index is 6.05. The highest BCUT2D eigenvalue weighted by atomic mass is 16.5. The maximum atomic E-state index is 6.05. The largest absolute Gasteiger partial charge is 0.374 e. The van der Waals surface area contributed by atoms with E-state index < -0.39 is 0 Å². The van der Waals surface area contributed by atoms with Crippen LogP contribution in [0, 0.1) is 11.8 Å². The van der Waals surface area contributed by atoms with Crippen molar-refractivity contribution >= 4 is 0 Å². The molecule has 94 valence electrons. The van der Waals surface area contributed by atoms with Crippen LogP contribution in [-0.4, -0.2) is 6.10 Å². The van der Waals surface area contributed by atoms with Gasteiger partial charge in [-0.15, -0.1) is 0 Å². The van der Waals surface area contributed by atoms with Crippen molar-refractivity contribution in [1.29, 1.82) is 0 Å². The average molecular weight is 232 g/mol. The third-order valence-corrected chi connectivity index (χ3v) is 3.94. The Bertz CT molecular complexity index is 318. The summed E-state index contributed by atoms with van der Waals surface area (Å²) in [5.41, 5.74) is 1.29. The first-order valence-electron chi connectivity index (χ1n) is 6.91. The van der Waals surface area contributed by atoms with E-state index in [1.54, 1.807) is 0 Å². The Balaban J connectivity index is 1.79. The van der Waals surface area contributed by atoms with Crippen molar-refractivity contribution in [3.8, 4) is 0 Å². The lowest BCUT2D eigenvalue weighted by molar-refractivity contribution is -0.00437. The molecule has 0 heterocycles. The molecule has 0 amide bonds. The summed E-state index contributed by atoms with van der Waals surface area (Å²) in [5.74, 6) is 1.67. The standard InChI is InChI=1S/C16H24O/c1-13(2)15-9-6-10-16(11-15)17-12-14-7-4-3-5-8-14/h3-5,7-8,13,15-16H,6,9-12H2,1-2H3/t15-,16+/m0/s1. The molecule has 1 saturated carbocycles. The first kappa shape index (κ1) is 12.6. The van der Waals surface area contributed by atoms with Crippen LogP contribution in [0.25, 0.3) is 0 Å². The molecule has 0 radical (unpaired) electrons. The van der Waals surface area contributed by atoms with Gasteiger partial charge in [-0.1, -0.05) is 57.0 Å². The first-order valence-corrected chi connectivity index (χ1v) is 6.91. The lowest BCUT2D eigenvalue weighted by Gasteiger charge is -2.31. The fraction of sp³-hybridized carbons (Fsp3) is 0.625. The molecule has 0 spiro atoms. The van der Waals surface area contributed by atoms with Gasteiger partial charge in [-0.05, 0) is 30.2 Å². The zero-order valence-corrected chi connectivity index (χ0v) is 11.1.